The lowest BCUT2D eigenvalue weighted by atomic mass is 10.0. The Kier molecular flexibility index (Phi) is 5.67. The maximum Gasteiger partial charge on any atom is 0.262 e. The lowest BCUT2D eigenvalue weighted by Crippen LogP contribution is -2.21. The summed E-state index contributed by atoms with van der Waals surface area (Å²) < 4.78 is 5.54. The molecule has 0 saturated heterocycles. The zero-order valence-corrected chi connectivity index (χ0v) is 15.4. The van der Waals surface area contributed by atoms with E-state index in [2.05, 4.69) is 5.32 Å². The molecule has 0 aliphatic rings. The summed E-state index contributed by atoms with van der Waals surface area (Å²) in [6.45, 7) is 3.80. The topological polar surface area (TPSA) is 55.4 Å². The first kappa shape index (κ1) is 18.4. The number of hydrogen-bond acceptors (Lipinski definition) is 3. The minimum Gasteiger partial charge on any atom is -0.484 e. The predicted octanol–water partition coefficient (Wildman–Crippen LogP) is 4.55. The van der Waals surface area contributed by atoms with Gasteiger partial charge < -0.3 is 10.1 Å². The Balaban J connectivity index is 1.59. The van der Waals surface area contributed by atoms with Crippen LogP contribution in [0.25, 0.3) is 0 Å². The average molecular weight is 359 g/mol. The molecule has 0 aliphatic heterocycles. The zero-order chi connectivity index (χ0) is 19.2. The van der Waals surface area contributed by atoms with Gasteiger partial charge in [-0.05, 0) is 49.2 Å². The summed E-state index contributed by atoms with van der Waals surface area (Å²) in [7, 11) is 0. The molecule has 0 fully saturated rings. The molecule has 4 heteroatoms. The Morgan fingerprint density at radius 3 is 2.00 bits per heavy atom. The van der Waals surface area contributed by atoms with Gasteiger partial charge >= 0.3 is 0 Å². The number of anilines is 1. The number of carbonyl (C=O) groups excluding carboxylic acids is 2. The highest BCUT2D eigenvalue weighted by molar-refractivity contribution is 6.09. The van der Waals surface area contributed by atoms with Crippen LogP contribution in [0, 0.1) is 13.8 Å². The van der Waals surface area contributed by atoms with Crippen molar-refractivity contribution >= 4 is 17.4 Å². The summed E-state index contributed by atoms with van der Waals surface area (Å²) in [6, 6.07) is 21.8. The Morgan fingerprint density at radius 2 is 1.37 bits per heavy atom. The van der Waals surface area contributed by atoms with Crippen LogP contribution < -0.4 is 10.1 Å². The Hall–Kier alpha value is -3.40. The van der Waals surface area contributed by atoms with Crippen molar-refractivity contribution < 1.29 is 14.3 Å². The predicted molar refractivity (Wildman–Crippen MR) is 106 cm³/mol. The number of nitrogens with one attached hydrogen (secondary N) is 1. The Morgan fingerprint density at radius 1 is 0.778 bits per heavy atom. The molecule has 1 N–H and O–H groups in total. The fraction of sp³-hybridized carbons (Fsp3) is 0.130. The highest BCUT2D eigenvalue weighted by Crippen LogP contribution is 2.20. The van der Waals surface area contributed by atoms with Crippen molar-refractivity contribution in [1.82, 2.24) is 0 Å². The van der Waals surface area contributed by atoms with E-state index in [1.54, 1.807) is 36.4 Å². The normalized spacial score (nSPS) is 10.3. The molecule has 0 radical (unpaired) electrons. The second kappa shape index (κ2) is 8.32. The molecule has 0 unspecified atom stereocenters. The molecule has 3 rings (SSSR count). The monoisotopic (exact) mass is 359 g/mol. The Bertz CT molecular complexity index is 927. The first-order valence-electron chi connectivity index (χ1n) is 8.73. The van der Waals surface area contributed by atoms with E-state index in [9.17, 15) is 9.59 Å². The smallest absolute Gasteiger partial charge is 0.262 e. The first-order chi connectivity index (χ1) is 13.0. The van der Waals surface area contributed by atoms with Gasteiger partial charge in [0.15, 0.2) is 12.4 Å². The van der Waals surface area contributed by atoms with Gasteiger partial charge in [-0.1, -0.05) is 48.5 Å². The SMILES string of the molecule is Cc1cccc(C)c1NC(=O)COc1ccc(C(=O)c2ccccc2)cc1. The second-order valence-electron chi connectivity index (χ2n) is 6.32. The van der Waals surface area contributed by atoms with Crippen LogP contribution in [0.4, 0.5) is 5.69 Å². The highest BCUT2D eigenvalue weighted by Gasteiger charge is 2.10. The van der Waals surface area contributed by atoms with Crippen LogP contribution in [-0.2, 0) is 4.79 Å². The summed E-state index contributed by atoms with van der Waals surface area (Å²) >= 11 is 0. The number of para-hydroxylation sites is 1. The number of aryl methyl sites for hydroxylation is 2. The number of ether oxygens (including phenoxy) is 1. The number of rotatable bonds is 6. The summed E-state index contributed by atoms with van der Waals surface area (Å²) in [6.07, 6.45) is 0. The third-order valence-electron chi connectivity index (χ3n) is 4.27. The van der Waals surface area contributed by atoms with Crippen molar-refractivity contribution in [2.24, 2.45) is 0 Å². The molecule has 0 atom stereocenters. The van der Waals surface area contributed by atoms with Gasteiger partial charge in [0.2, 0.25) is 0 Å². The molecule has 0 spiro atoms. The van der Waals surface area contributed by atoms with E-state index in [-0.39, 0.29) is 18.3 Å². The molecule has 0 aromatic heterocycles. The maximum atomic E-state index is 12.4. The molecule has 0 aliphatic carbocycles. The van der Waals surface area contributed by atoms with Gasteiger partial charge in [-0.15, -0.1) is 0 Å². The van der Waals surface area contributed by atoms with Gasteiger partial charge in [0, 0.05) is 16.8 Å². The minimum absolute atomic E-state index is 0.0464. The third-order valence-corrected chi connectivity index (χ3v) is 4.27. The second-order valence-corrected chi connectivity index (χ2v) is 6.32. The fourth-order valence-corrected chi connectivity index (χ4v) is 2.79. The summed E-state index contributed by atoms with van der Waals surface area (Å²) in [4.78, 5) is 24.5. The number of carbonyl (C=O) groups is 2. The molecular formula is C23H21NO3. The van der Waals surface area contributed by atoms with Crippen LogP contribution in [0.15, 0.2) is 72.8 Å². The van der Waals surface area contributed by atoms with Gasteiger partial charge in [0.25, 0.3) is 5.91 Å². The van der Waals surface area contributed by atoms with Crippen LogP contribution in [0.3, 0.4) is 0 Å². The van der Waals surface area contributed by atoms with Crippen LogP contribution in [-0.4, -0.2) is 18.3 Å². The van der Waals surface area contributed by atoms with Crippen molar-refractivity contribution in [2.75, 3.05) is 11.9 Å². The molecule has 3 aromatic carbocycles. The Labute approximate surface area is 158 Å². The quantitative estimate of drug-likeness (QED) is 0.657. The molecule has 0 saturated carbocycles. The number of benzene rings is 3. The zero-order valence-electron chi connectivity index (χ0n) is 15.4. The number of amides is 1. The summed E-state index contributed by atoms with van der Waals surface area (Å²) in [5.41, 5.74) is 4.04. The van der Waals surface area contributed by atoms with Crippen molar-refractivity contribution in [3.05, 3.63) is 95.1 Å². The molecule has 3 aromatic rings. The number of ketones is 1. The lowest BCUT2D eigenvalue weighted by Gasteiger charge is -2.12. The van der Waals surface area contributed by atoms with Gasteiger partial charge in [-0.3, -0.25) is 9.59 Å². The van der Waals surface area contributed by atoms with E-state index in [0.717, 1.165) is 16.8 Å². The fourth-order valence-electron chi connectivity index (χ4n) is 2.79. The average Bonchev–Trinajstić information content (AvgIpc) is 2.70. The van der Waals surface area contributed by atoms with E-state index in [4.69, 9.17) is 4.74 Å². The van der Waals surface area contributed by atoms with Crippen LogP contribution >= 0.6 is 0 Å². The van der Waals surface area contributed by atoms with Gasteiger partial charge in [0.05, 0.1) is 0 Å². The van der Waals surface area contributed by atoms with Crippen molar-refractivity contribution in [3.8, 4) is 5.75 Å². The maximum absolute atomic E-state index is 12.4. The van der Waals surface area contributed by atoms with Crippen LogP contribution in [0.5, 0.6) is 5.75 Å². The van der Waals surface area contributed by atoms with Gasteiger partial charge in [-0.25, -0.2) is 0 Å². The molecule has 0 bridgehead atoms. The van der Waals surface area contributed by atoms with E-state index in [1.807, 2.05) is 50.2 Å². The molecule has 27 heavy (non-hydrogen) atoms. The van der Waals surface area contributed by atoms with E-state index in [1.165, 1.54) is 0 Å². The van der Waals surface area contributed by atoms with E-state index >= 15 is 0 Å². The van der Waals surface area contributed by atoms with Crippen molar-refractivity contribution in [2.45, 2.75) is 13.8 Å². The minimum atomic E-state index is -0.225. The largest absolute Gasteiger partial charge is 0.484 e. The molecule has 0 heterocycles. The molecule has 4 nitrogen and oxygen atoms in total. The summed E-state index contributed by atoms with van der Waals surface area (Å²) in [5.74, 6) is 0.267. The molecule has 136 valence electrons. The van der Waals surface area contributed by atoms with Gasteiger partial charge in [-0.2, -0.15) is 0 Å². The lowest BCUT2D eigenvalue weighted by molar-refractivity contribution is -0.118. The van der Waals surface area contributed by atoms with Crippen LogP contribution in [0.2, 0.25) is 0 Å². The standard InChI is InChI=1S/C23H21NO3/c1-16-7-6-8-17(2)22(16)24-21(25)15-27-20-13-11-19(12-14-20)23(26)18-9-4-3-5-10-18/h3-14H,15H2,1-2H3,(H,24,25). The van der Waals surface area contributed by atoms with E-state index < -0.39 is 0 Å². The van der Waals surface area contributed by atoms with Gasteiger partial charge in [0.1, 0.15) is 5.75 Å². The number of hydrogen-bond donors (Lipinski definition) is 1. The van der Waals surface area contributed by atoms with Crippen molar-refractivity contribution in [3.63, 3.8) is 0 Å². The van der Waals surface area contributed by atoms with Crippen LogP contribution in [0.1, 0.15) is 27.0 Å². The first-order valence-corrected chi connectivity index (χ1v) is 8.73. The third kappa shape index (κ3) is 4.61. The highest BCUT2D eigenvalue weighted by atomic mass is 16.5. The summed E-state index contributed by atoms with van der Waals surface area (Å²) in [5, 5.41) is 2.88. The molecule has 1 amide bonds. The van der Waals surface area contributed by atoms with Crippen molar-refractivity contribution in [1.29, 1.82) is 0 Å². The van der Waals surface area contributed by atoms with E-state index in [0.29, 0.717) is 16.9 Å². The molecular weight excluding hydrogens is 338 g/mol.